The molecule has 11 heteroatoms. The summed E-state index contributed by atoms with van der Waals surface area (Å²) in [6, 6.07) is 10.3. The summed E-state index contributed by atoms with van der Waals surface area (Å²) in [6.45, 7) is 0. The minimum atomic E-state index is -0.520. The normalized spacial score (nSPS) is 19.3. The monoisotopic (exact) mass is 465 g/mol. The Balaban J connectivity index is 1.47. The molecule has 0 saturated heterocycles. The lowest BCUT2D eigenvalue weighted by Gasteiger charge is -2.36. The number of carbonyl (C=O) groups excluding carboxylic acids is 1. The molecule has 2 atom stereocenters. The summed E-state index contributed by atoms with van der Waals surface area (Å²) >= 11 is 1.37. The molecule has 0 fully saturated rings. The molecule has 0 amide bonds. The highest BCUT2D eigenvalue weighted by Crippen LogP contribution is 2.43. The first-order valence-corrected chi connectivity index (χ1v) is 11.2. The lowest BCUT2D eigenvalue weighted by atomic mass is 9.81. The Labute approximate surface area is 192 Å². The molecular weight excluding hydrogens is 446 g/mol. The summed E-state index contributed by atoms with van der Waals surface area (Å²) in [7, 11) is 0. The number of hydrogen-bond acceptors (Lipinski definition) is 9. The molecule has 2 aliphatic rings. The number of hydrogen-bond donors (Lipinski definition) is 3. The topological polar surface area (TPSA) is 143 Å². The number of allylic oxidation sites excluding steroid dienone is 2. The molecule has 1 aromatic heterocycles. The van der Waals surface area contributed by atoms with Crippen LogP contribution in [0.1, 0.15) is 30.0 Å². The summed E-state index contributed by atoms with van der Waals surface area (Å²) in [5.74, 6) is 0.0574. The van der Waals surface area contributed by atoms with E-state index in [2.05, 4.69) is 15.4 Å². The first kappa shape index (κ1) is 21.0. The maximum absolute atomic E-state index is 12.9. The van der Waals surface area contributed by atoms with Crippen LogP contribution in [0.3, 0.4) is 0 Å². The molecule has 0 saturated carbocycles. The lowest BCUT2D eigenvalue weighted by molar-refractivity contribution is -0.384. The molecule has 1 aliphatic carbocycles. The molecule has 5 rings (SSSR count). The molecule has 1 aliphatic heterocycles. The number of aromatic hydroxyl groups is 2. The van der Waals surface area contributed by atoms with Gasteiger partial charge in [-0.1, -0.05) is 36.0 Å². The number of aromatic nitrogens is 3. The van der Waals surface area contributed by atoms with E-state index < -0.39 is 16.9 Å². The fourth-order valence-corrected chi connectivity index (χ4v) is 4.92. The number of carbonyl (C=O) groups is 1. The van der Waals surface area contributed by atoms with Gasteiger partial charge in [0.15, 0.2) is 11.5 Å². The van der Waals surface area contributed by atoms with Gasteiger partial charge in [-0.15, -0.1) is 5.10 Å². The van der Waals surface area contributed by atoms with Crippen molar-refractivity contribution in [2.75, 3.05) is 5.32 Å². The molecule has 33 heavy (non-hydrogen) atoms. The van der Waals surface area contributed by atoms with E-state index in [-0.39, 0.29) is 23.0 Å². The van der Waals surface area contributed by atoms with E-state index in [1.807, 2.05) is 6.08 Å². The highest BCUT2D eigenvalue weighted by molar-refractivity contribution is 7.98. The van der Waals surface area contributed by atoms with Crippen molar-refractivity contribution in [2.24, 2.45) is 5.92 Å². The van der Waals surface area contributed by atoms with Crippen molar-refractivity contribution in [3.8, 4) is 11.5 Å². The van der Waals surface area contributed by atoms with Gasteiger partial charge in [-0.05, 0) is 29.7 Å². The van der Waals surface area contributed by atoms with E-state index in [0.717, 1.165) is 11.3 Å². The number of ketones is 1. The largest absolute Gasteiger partial charge is 0.504 e. The fraction of sp³-hybridized carbons (Fsp3) is 0.227. The van der Waals surface area contributed by atoms with Crippen molar-refractivity contribution in [1.82, 2.24) is 14.8 Å². The summed E-state index contributed by atoms with van der Waals surface area (Å²) in [5.41, 5.74) is 2.31. The first-order valence-electron chi connectivity index (χ1n) is 10.2. The average Bonchev–Trinajstić information content (AvgIpc) is 3.21. The maximum Gasteiger partial charge on any atom is 0.269 e. The van der Waals surface area contributed by atoms with Gasteiger partial charge in [0.25, 0.3) is 5.69 Å². The third-order valence-electron chi connectivity index (χ3n) is 5.74. The van der Waals surface area contributed by atoms with Crippen LogP contribution in [-0.4, -0.2) is 35.7 Å². The van der Waals surface area contributed by atoms with Crippen molar-refractivity contribution >= 4 is 29.2 Å². The van der Waals surface area contributed by atoms with Crippen LogP contribution in [0.25, 0.3) is 0 Å². The number of nitrogens with zero attached hydrogens (tertiary/aromatic N) is 4. The van der Waals surface area contributed by atoms with Crippen molar-refractivity contribution in [3.05, 3.63) is 75.5 Å². The molecule has 10 nitrogen and oxygen atoms in total. The summed E-state index contributed by atoms with van der Waals surface area (Å²) in [5, 5.41) is 38.9. The smallest absolute Gasteiger partial charge is 0.269 e. The predicted molar refractivity (Wildman–Crippen MR) is 120 cm³/mol. The number of fused-ring (bicyclic) bond motifs is 2. The number of phenolic OH excluding ortho intramolecular Hbond substituents is 2. The van der Waals surface area contributed by atoms with Gasteiger partial charge < -0.3 is 15.5 Å². The van der Waals surface area contributed by atoms with E-state index in [9.17, 15) is 25.1 Å². The number of anilines is 1. The van der Waals surface area contributed by atoms with Crippen LogP contribution in [-0.2, 0) is 10.5 Å². The van der Waals surface area contributed by atoms with E-state index in [0.29, 0.717) is 35.3 Å². The predicted octanol–water partition coefficient (Wildman–Crippen LogP) is 3.77. The number of thioether (sulfide) groups is 1. The van der Waals surface area contributed by atoms with Crippen molar-refractivity contribution < 1.29 is 19.9 Å². The van der Waals surface area contributed by atoms with Crippen LogP contribution in [0, 0.1) is 16.0 Å². The Hall–Kier alpha value is -3.86. The third-order valence-corrected chi connectivity index (χ3v) is 6.65. The molecule has 2 aromatic carbocycles. The molecule has 0 bridgehead atoms. The van der Waals surface area contributed by atoms with Gasteiger partial charge in [-0.2, -0.15) is 4.98 Å². The average molecular weight is 465 g/mol. The molecular formula is C22H19N5O5S. The van der Waals surface area contributed by atoms with Gasteiger partial charge in [0.2, 0.25) is 11.1 Å². The zero-order valence-corrected chi connectivity index (χ0v) is 18.0. The molecule has 3 aromatic rings. The van der Waals surface area contributed by atoms with Crippen LogP contribution >= 0.6 is 11.8 Å². The minimum absolute atomic E-state index is 0.0315. The standard InChI is InChI=1S/C22H19N5O5S/c28-16-9-6-13(10-18(16)30)20-19-15(2-1-3-17(19)29)23-21-24-22(25-26(20)21)33-11-12-4-7-14(8-5-12)27(31)32/h2,4-10,19-20,28,30H,1,3,11H2,(H,23,24,25)/t19-,20-/m1/s1. The van der Waals surface area contributed by atoms with Gasteiger partial charge >= 0.3 is 0 Å². The van der Waals surface area contributed by atoms with Crippen LogP contribution in [0.4, 0.5) is 11.6 Å². The maximum atomic E-state index is 12.9. The van der Waals surface area contributed by atoms with Crippen LogP contribution in [0.2, 0.25) is 0 Å². The Morgan fingerprint density at radius 1 is 1.18 bits per heavy atom. The number of nitro benzene ring substituents is 1. The van der Waals surface area contributed by atoms with Crippen LogP contribution < -0.4 is 5.32 Å². The van der Waals surface area contributed by atoms with Crippen LogP contribution in [0.5, 0.6) is 11.5 Å². The molecule has 0 radical (unpaired) electrons. The highest BCUT2D eigenvalue weighted by atomic mass is 32.2. The third kappa shape index (κ3) is 3.91. The second kappa shape index (κ2) is 8.24. The number of rotatable bonds is 5. The number of Topliss-reactive ketones (excluding diaryl/α,β-unsaturated/α-hetero) is 1. The molecule has 2 heterocycles. The number of nitrogens with one attached hydrogen (secondary N) is 1. The van der Waals surface area contributed by atoms with Gasteiger partial charge in [0.05, 0.1) is 16.9 Å². The van der Waals surface area contributed by atoms with Gasteiger partial charge in [0, 0.05) is 30.0 Å². The second-order valence-corrected chi connectivity index (χ2v) is 8.78. The van der Waals surface area contributed by atoms with E-state index in [1.165, 1.54) is 36.0 Å². The minimum Gasteiger partial charge on any atom is -0.504 e. The zero-order valence-electron chi connectivity index (χ0n) is 17.2. The quantitative estimate of drug-likeness (QED) is 0.222. The van der Waals surface area contributed by atoms with E-state index >= 15 is 0 Å². The fourth-order valence-electron chi connectivity index (χ4n) is 4.13. The zero-order chi connectivity index (χ0) is 23.1. The van der Waals surface area contributed by atoms with E-state index in [4.69, 9.17) is 0 Å². The summed E-state index contributed by atoms with van der Waals surface area (Å²) < 4.78 is 1.65. The number of nitro groups is 1. The SMILES string of the molecule is O=C1CCC=C2Nc3nc(SCc4ccc([N+](=O)[O-])cc4)nn3[C@H](c3ccc(O)c(O)c3)[C@@H]12. The Kier molecular flexibility index (Phi) is 5.25. The summed E-state index contributed by atoms with van der Waals surface area (Å²) in [6.07, 6.45) is 3.05. The second-order valence-electron chi connectivity index (χ2n) is 7.83. The summed E-state index contributed by atoms with van der Waals surface area (Å²) in [4.78, 5) is 27.8. The van der Waals surface area contributed by atoms with E-state index in [1.54, 1.807) is 22.9 Å². The Bertz CT molecular complexity index is 1290. The van der Waals surface area contributed by atoms with Gasteiger partial charge in [-0.3, -0.25) is 14.9 Å². The Morgan fingerprint density at radius 2 is 1.97 bits per heavy atom. The molecule has 3 N–H and O–H groups in total. The first-order chi connectivity index (χ1) is 15.9. The lowest BCUT2D eigenvalue weighted by Crippen LogP contribution is -2.38. The number of non-ortho nitro benzene ring substituents is 1. The van der Waals surface area contributed by atoms with Crippen molar-refractivity contribution in [3.63, 3.8) is 0 Å². The highest BCUT2D eigenvalue weighted by Gasteiger charge is 2.41. The molecule has 0 spiro atoms. The van der Waals surface area contributed by atoms with Gasteiger partial charge in [-0.25, -0.2) is 4.68 Å². The van der Waals surface area contributed by atoms with Crippen LogP contribution in [0.15, 0.2) is 59.4 Å². The molecule has 0 unspecified atom stereocenters. The number of phenols is 2. The number of benzene rings is 2. The van der Waals surface area contributed by atoms with Crippen molar-refractivity contribution in [1.29, 1.82) is 0 Å². The molecule has 168 valence electrons. The van der Waals surface area contributed by atoms with Gasteiger partial charge in [0.1, 0.15) is 5.78 Å². The Morgan fingerprint density at radius 3 is 2.70 bits per heavy atom. The van der Waals surface area contributed by atoms with Crippen molar-refractivity contribution in [2.45, 2.75) is 29.8 Å².